The lowest BCUT2D eigenvalue weighted by Crippen LogP contribution is -2.08. The van der Waals surface area contributed by atoms with Gasteiger partial charge >= 0.3 is 6.18 Å². The zero-order valence-electron chi connectivity index (χ0n) is 14.5. The summed E-state index contributed by atoms with van der Waals surface area (Å²) in [6.07, 6.45) is -2.00. The van der Waals surface area contributed by atoms with Gasteiger partial charge in [-0.1, -0.05) is 12.1 Å². The van der Waals surface area contributed by atoms with Crippen LogP contribution in [-0.2, 0) is 11.0 Å². The molecule has 0 radical (unpaired) electrons. The third-order valence-corrected chi connectivity index (χ3v) is 3.92. The van der Waals surface area contributed by atoms with E-state index in [1.54, 1.807) is 0 Å². The second-order valence-electron chi connectivity index (χ2n) is 5.91. The summed E-state index contributed by atoms with van der Waals surface area (Å²) in [6.45, 7) is 0. The zero-order valence-corrected chi connectivity index (χ0v) is 14.5. The Morgan fingerprint density at radius 3 is 2.24 bits per heavy atom. The van der Waals surface area contributed by atoms with Gasteiger partial charge in [0.25, 0.3) is 0 Å². The normalized spacial score (nSPS) is 12.1. The summed E-state index contributed by atoms with van der Waals surface area (Å²) >= 11 is 0. The molecule has 0 amide bonds. The molecule has 1 heterocycles. The van der Waals surface area contributed by atoms with Crippen molar-refractivity contribution in [2.45, 2.75) is 6.18 Å². The van der Waals surface area contributed by atoms with Crippen molar-refractivity contribution in [2.24, 2.45) is 0 Å². The number of rotatable bonds is 5. The minimum absolute atomic E-state index is 0.238. The van der Waals surface area contributed by atoms with Crippen LogP contribution < -0.4 is 0 Å². The van der Waals surface area contributed by atoms with Gasteiger partial charge in [0.15, 0.2) is 17.8 Å². The molecule has 29 heavy (non-hydrogen) atoms. The number of allylic oxidation sites excluding steroid dienone is 1. The van der Waals surface area contributed by atoms with Gasteiger partial charge in [0.05, 0.1) is 16.8 Å². The van der Waals surface area contributed by atoms with Gasteiger partial charge in [-0.2, -0.15) is 18.3 Å². The van der Waals surface area contributed by atoms with Gasteiger partial charge in [0, 0.05) is 12.3 Å². The Hall–Kier alpha value is -3.62. The quantitative estimate of drug-likeness (QED) is 0.155. The van der Waals surface area contributed by atoms with Gasteiger partial charge in [0.1, 0.15) is 11.6 Å². The number of alkyl halides is 3. The van der Waals surface area contributed by atoms with Crippen molar-refractivity contribution in [3.63, 3.8) is 0 Å². The number of halogens is 5. The Morgan fingerprint density at radius 1 is 1.00 bits per heavy atom. The number of carbonyl (C=O) groups is 2. The Kier molecular flexibility index (Phi) is 5.40. The zero-order chi connectivity index (χ0) is 21.2. The number of hydrogen-bond donors (Lipinski definition) is 0. The van der Waals surface area contributed by atoms with Crippen LogP contribution in [0.3, 0.4) is 0 Å². The molecule has 1 aromatic heterocycles. The lowest BCUT2D eigenvalue weighted by Gasteiger charge is -2.05. The first kappa shape index (κ1) is 20.1. The van der Waals surface area contributed by atoms with Gasteiger partial charge in [-0.25, -0.2) is 13.5 Å². The summed E-state index contributed by atoms with van der Waals surface area (Å²) in [6, 6.07) is 8.95. The maximum Gasteiger partial charge on any atom is 0.435 e. The number of carbonyl (C=O) groups excluding carboxylic acids is 2. The molecular formula is C20H11F5N2O2. The highest BCUT2D eigenvalue weighted by atomic mass is 19.4. The summed E-state index contributed by atoms with van der Waals surface area (Å²) in [4.78, 5) is 23.6. The summed E-state index contributed by atoms with van der Waals surface area (Å²) in [5.41, 5.74) is -1.19. The van der Waals surface area contributed by atoms with Crippen molar-refractivity contribution in [1.82, 2.24) is 9.78 Å². The maximum atomic E-state index is 13.8. The fraction of sp³-hybridized carbons (Fsp3) is 0.0500. The van der Waals surface area contributed by atoms with E-state index < -0.39 is 34.9 Å². The fourth-order valence-electron chi connectivity index (χ4n) is 2.50. The maximum absolute atomic E-state index is 13.8. The Balaban J connectivity index is 1.86. The second kappa shape index (κ2) is 7.78. The first-order chi connectivity index (χ1) is 13.7. The Labute approximate surface area is 160 Å². The number of aldehydes is 1. The van der Waals surface area contributed by atoms with Gasteiger partial charge in [-0.05, 0) is 42.0 Å². The van der Waals surface area contributed by atoms with Crippen LogP contribution in [-0.4, -0.2) is 21.8 Å². The smallest absolute Gasteiger partial charge is 0.298 e. The second-order valence-corrected chi connectivity index (χ2v) is 5.91. The van der Waals surface area contributed by atoms with Crippen molar-refractivity contribution in [3.05, 3.63) is 88.8 Å². The minimum Gasteiger partial charge on any atom is -0.298 e. The predicted molar refractivity (Wildman–Crippen MR) is 93.3 cm³/mol. The van der Waals surface area contributed by atoms with E-state index in [-0.39, 0.29) is 11.9 Å². The molecule has 0 N–H and O–H groups in total. The Bertz CT molecular complexity index is 1100. The lowest BCUT2D eigenvalue weighted by molar-refractivity contribution is -0.141. The van der Waals surface area contributed by atoms with Crippen molar-refractivity contribution in [2.75, 3.05) is 0 Å². The molecule has 0 aliphatic rings. The van der Waals surface area contributed by atoms with Gasteiger partial charge in [0.2, 0.25) is 0 Å². The van der Waals surface area contributed by atoms with Gasteiger partial charge in [-0.3, -0.25) is 9.59 Å². The van der Waals surface area contributed by atoms with Crippen LogP contribution in [0.2, 0.25) is 0 Å². The molecule has 0 spiro atoms. The highest BCUT2D eigenvalue weighted by Gasteiger charge is 2.33. The average molecular weight is 406 g/mol. The summed E-state index contributed by atoms with van der Waals surface area (Å²) in [7, 11) is 0. The van der Waals surface area contributed by atoms with Crippen molar-refractivity contribution < 1.29 is 31.5 Å². The molecule has 0 saturated carbocycles. The van der Waals surface area contributed by atoms with E-state index in [1.165, 1.54) is 30.3 Å². The van der Waals surface area contributed by atoms with Crippen LogP contribution in [0, 0.1) is 11.6 Å². The van der Waals surface area contributed by atoms with E-state index in [9.17, 15) is 31.5 Å². The first-order valence-corrected chi connectivity index (χ1v) is 8.09. The molecule has 148 valence electrons. The first-order valence-electron chi connectivity index (χ1n) is 8.09. The van der Waals surface area contributed by atoms with E-state index in [0.717, 1.165) is 29.1 Å². The molecule has 0 unspecified atom stereocenters. The largest absolute Gasteiger partial charge is 0.435 e. The van der Waals surface area contributed by atoms with Crippen LogP contribution in [0.25, 0.3) is 11.8 Å². The van der Waals surface area contributed by atoms with E-state index in [2.05, 4.69) is 5.10 Å². The lowest BCUT2D eigenvalue weighted by atomic mass is 10.0. The van der Waals surface area contributed by atoms with Crippen LogP contribution >= 0.6 is 0 Å². The topological polar surface area (TPSA) is 52.0 Å². The number of benzene rings is 2. The van der Waals surface area contributed by atoms with Crippen molar-refractivity contribution >= 4 is 18.1 Å². The molecule has 0 bridgehead atoms. The monoisotopic (exact) mass is 406 g/mol. The van der Waals surface area contributed by atoms with E-state index in [0.29, 0.717) is 17.3 Å². The van der Waals surface area contributed by atoms with E-state index >= 15 is 0 Å². The highest BCUT2D eigenvalue weighted by molar-refractivity contribution is 6.23. The SMILES string of the molecule is O=CC(=Cc1ccc(-n2ccc(C(F)(F)F)n2)cc1)C(=O)c1ccc(F)cc1F. The van der Waals surface area contributed by atoms with Crippen LogP contribution in [0.1, 0.15) is 21.6 Å². The molecule has 9 heteroatoms. The van der Waals surface area contributed by atoms with Crippen molar-refractivity contribution in [1.29, 1.82) is 0 Å². The van der Waals surface area contributed by atoms with Crippen LogP contribution in [0.15, 0.2) is 60.3 Å². The number of hydrogen-bond acceptors (Lipinski definition) is 3. The fourth-order valence-corrected chi connectivity index (χ4v) is 2.50. The third kappa shape index (κ3) is 4.45. The number of Topliss-reactive ketones (excluding diaryl/α,β-unsaturated/α-hetero) is 1. The molecule has 3 aromatic rings. The standard InChI is InChI=1S/C20H11F5N2O2/c21-14-3-6-16(17(22)10-14)19(29)13(11-28)9-12-1-4-15(5-2-12)27-8-7-18(26-27)20(23,24)25/h1-11H. The summed E-state index contributed by atoms with van der Waals surface area (Å²) in [5.74, 6) is -2.89. The highest BCUT2D eigenvalue weighted by Crippen LogP contribution is 2.28. The van der Waals surface area contributed by atoms with Crippen LogP contribution in [0.4, 0.5) is 22.0 Å². The van der Waals surface area contributed by atoms with Crippen molar-refractivity contribution in [3.8, 4) is 5.69 Å². The van der Waals surface area contributed by atoms with Gasteiger partial charge < -0.3 is 0 Å². The molecule has 0 fully saturated rings. The summed E-state index contributed by atoms with van der Waals surface area (Å²) in [5, 5.41) is 3.44. The van der Waals surface area contributed by atoms with Crippen LogP contribution in [0.5, 0.6) is 0 Å². The molecule has 4 nitrogen and oxygen atoms in total. The average Bonchev–Trinajstić information content (AvgIpc) is 3.17. The number of nitrogens with zero attached hydrogens (tertiary/aromatic N) is 2. The van der Waals surface area contributed by atoms with E-state index in [4.69, 9.17) is 0 Å². The number of aromatic nitrogens is 2. The molecule has 2 aromatic carbocycles. The Morgan fingerprint density at radius 2 is 1.69 bits per heavy atom. The summed E-state index contributed by atoms with van der Waals surface area (Å²) < 4.78 is 65.7. The predicted octanol–water partition coefficient (Wildman–Crippen LogP) is 4.63. The minimum atomic E-state index is -4.57. The number of ketones is 1. The molecule has 0 aliphatic carbocycles. The third-order valence-electron chi connectivity index (χ3n) is 3.92. The molecule has 0 saturated heterocycles. The van der Waals surface area contributed by atoms with Gasteiger partial charge in [-0.15, -0.1) is 0 Å². The van der Waals surface area contributed by atoms with E-state index in [1.807, 2.05) is 0 Å². The molecule has 3 rings (SSSR count). The molecule has 0 aliphatic heterocycles. The molecular weight excluding hydrogens is 395 g/mol. The molecule has 0 atom stereocenters.